The molecule has 1 aromatic heterocycles. The van der Waals surface area contributed by atoms with E-state index in [1.165, 1.54) is 11.8 Å². The Morgan fingerprint density at radius 3 is 2.92 bits per heavy atom. The van der Waals surface area contributed by atoms with Gasteiger partial charge in [-0.15, -0.1) is 0 Å². The lowest BCUT2D eigenvalue weighted by molar-refractivity contribution is 0.936. The first-order valence-corrected chi connectivity index (χ1v) is 5.11. The van der Waals surface area contributed by atoms with Gasteiger partial charge in [0.15, 0.2) is 5.16 Å². The van der Waals surface area contributed by atoms with Crippen LogP contribution in [-0.2, 0) is 0 Å². The van der Waals surface area contributed by atoms with Crippen LogP contribution in [0.5, 0.6) is 0 Å². The average molecular weight is 250 g/mol. The second kappa shape index (κ2) is 3.95. The second-order valence-corrected chi connectivity index (χ2v) is 4.05. The summed E-state index contributed by atoms with van der Waals surface area (Å²) in [6.07, 6.45) is 0. The van der Waals surface area contributed by atoms with Crippen LogP contribution in [0.25, 0.3) is 0 Å². The van der Waals surface area contributed by atoms with E-state index < -0.39 is 0 Å². The number of thioether (sulfide) groups is 1. The minimum atomic E-state index is -0.238. The lowest BCUT2D eigenvalue weighted by Crippen LogP contribution is -2.12. The molecule has 0 aliphatic heterocycles. The number of halogens is 1. The highest BCUT2D eigenvalue weighted by Crippen LogP contribution is 2.15. The molecule has 1 rings (SSSR count). The number of H-pyrrole nitrogens is 1. The topological polar surface area (TPSA) is 71.8 Å². The van der Waals surface area contributed by atoms with E-state index >= 15 is 0 Å². The molecule has 0 unspecified atom stereocenters. The number of hydrogen-bond donors (Lipinski definition) is 2. The summed E-state index contributed by atoms with van der Waals surface area (Å²) in [5.74, 6) is 1.08. The Bertz CT molecular complexity index is 338. The quantitative estimate of drug-likeness (QED) is 0.611. The normalized spacial score (nSPS) is 10.2. The lowest BCUT2D eigenvalue weighted by Gasteiger charge is -1.99. The summed E-state index contributed by atoms with van der Waals surface area (Å²) < 4.78 is 0.294. The van der Waals surface area contributed by atoms with Crippen molar-refractivity contribution < 1.29 is 0 Å². The average Bonchev–Trinajstić information content (AvgIpc) is 2.01. The Morgan fingerprint density at radius 1 is 1.75 bits per heavy atom. The van der Waals surface area contributed by atoms with Gasteiger partial charge in [-0.05, 0) is 21.7 Å². The van der Waals surface area contributed by atoms with E-state index in [4.69, 9.17) is 5.73 Å². The number of nitrogens with zero attached hydrogens (tertiary/aromatic N) is 1. The molecule has 3 N–H and O–H groups in total. The van der Waals surface area contributed by atoms with Crippen molar-refractivity contribution in [2.45, 2.75) is 12.1 Å². The smallest absolute Gasteiger partial charge is 0.268 e. The molecular formula is C6H8BrN3OS. The van der Waals surface area contributed by atoms with E-state index in [0.717, 1.165) is 5.75 Å². The summed E-state index contributed by atoms with van der Waals surface area (Å²) in [7, 11) is 0. The molecule has 0 amide bonds. The maximum atomic E-state index is 11.1. The van der Waals surface area contributed by atoms with Gasteiger partial charge in [-0.3, -0.25) is 4.79 Å². The van der Waals surface area contributed by atoms with Crippen molar-refractivity contribution in [1.82, 2.24) is 9.97 Å². The third-order valence-electron chi connectivity index (χ3n) is 1.15. The number of aromatic amines is 1. The third-order valence-corrected chi connectivity index (χ3v) is 2.67. The van der Waals surface area contributed by atoms with Gasteiger partial charge in [0.05, 0.1) is 0 Å². The largest absolute Gasteiger partial charge is 0.383 e. The Balaban J connectivity index is 3.13. The SMILES string of the molecule is CCSc1nc(N)c(Br)c(=O)[nH]1. The summed E-state index contributed by atoms with van der Waals surface area (Å²) in [5, 5.41) is 0.559. The fourth-order valence-corrected chi connectivity index (χ4v) is 1.45. The highest BCUT2D eigenvalue weighted by molar-refractivity contribution is 9.10. The molecule has 12 heavy (non-hydrogen) atoms. The van der Waals surface area contributed by atoms with Crippen LogP contribution in [-0.4, -0.2) is 15.7 Å². The number of nitrogens with one attached hydrogen (secondary N) is 1. The fraction of sp³-hybridized carbons (Fsp3) is 0.333. The fourth-order valence-electron chi connectivity index (χ4n) is 0.660. The number of anilines is 1. The molecule has 4 nitrogen and oxygen atoms in total. The molecule has 1 aromatic rings. The van der Waals surface area contributed by atoms with Crippen molar-refractivity contribution in [1.29, 1.82) is 0 Å². The molecule has 0 saturated carbocycles. The zero-order valence-corrected chi connectivity index (χ0v) is 8.83. The number of hydrogen-bond acceptors (Lipinski definition) is 4. The maximum absolute atomic E-state index is 11.1. The summed E-state index contributed by atoms with van der Waals surface area (Å²) >= 11 is 4.47. The van der Waals surface area contributed by atoms with Crippen molar-refractivity contribution in [2.75, 3.05) is 11.5 Å². The minimum Gasteiger partial charge on any atom is -0.383 e. The predicted octanol–water partition coefficient (Wildman–Crippen LogP) is 1.23. The van der Waals surface area contributed by atoms with E-state index in [0.29, 0.717) is 9.63 Å². The van der Waals surface area contributed by atoms with Crippen LogP contribution in [0.2, 0.25) is 0 Å². The zero-order valence-electron chi connectivity index (χ0n) is 6.43. The Labute approximate surface area is 82.1 Å². The van der Waals surface area contributed by atoms with Crippen LogP contribution in [0.1, 0.15) is 6.92 Å². The zero-order chi connectivity index (χ0) is 9.14. The number of aromatic nitrogens is 2. The summed E-state index contributed by atoms with van der Waals surface area (Å²) in [4.78, 5) is 17.6. The molecule has 0 aromatic carbocycles. The van der Waals surface area contributed by atoms with Crippen LogP contribution >= 0.6 is 27.7 Å². The van der Waals surface area contributed by atoms with Crippen molar-refractivity contribution in [3.05, 3.63) is 14.8 Å². The molecule has 0 saturated heterocycles. The maximum Gasteiger partial charge on any atom is 0.268 e. The molecule has 0 spiro atoms. The molecule has 6 heteroatoms. The van der Waals surface area contributed by atoms with Crippen LogP contribution in [0, 0.1) is 0 Å². The van der Waals surface area contributed by atoms with Crippen molar-refractivity contribution in [2.24, 2.45) is 0 Å². The van der Waals surface area contributed by atoms with Crippen LogP contribution in [0.15, 0.2) is 14.4 Å². The van der Waals surface area contributed by atoms with Crippen molar-refractivity contribution in [3.8, 4) is 0 Å². The van der Waals surface area contributed by atoms with Gasteiger partial charge in [-0.25, -0.2) is 4.98 Å². The standard InChI is InChI=1S/C6H8BrN3OS/c1-2-12-6-9-4(8)3(7)5(11)10-6/h2H2,1H3,(H3,8,9,10,11). The third kappa shape index (κ3) is 2.01. The first-order chi connectivity index (χ1) is 5.65. The van der Waals surface area contributed by atoms with E-state index in [1.807, 2.05) is 6.92 Å². The molecule has 0 fully saturated rings. The Kier molecular flexibility index (Phi) is 3.16. The van der Waals surface area contributed by atoms with E-state index in [1.54, 1.807) is 0 Å². The van der Waals surface area contributed by atoms with Gasteiger partial charge in [0.25, 0.3) is 5.56 Å². The van der Waals surface area contributed by atoms with Crippen LogP contribution in [0.3, 0.4) is 0 Å². The highest BCUT2D eigenvalue weighted by Gasteiger charge is 2.04. The summed E-state index contributed by atoms with van der Waals surface area (Å²) in [5.41, 5.74) is 5.22. The number of nitrogen functional groups attached to an aromatic ring is 1. The van der Waals surface area contributed by atoms with Gasteiger partial charge in [-0.2, -0.15) is 0 Å². The van der Waals surface area contributed by atoms with Crippen molar-refractivity contribution >= 4 is 33.5 Å². The van der Waals surface area contributed by atoms with Gasteiger partial charge in [-0.1, -0.05) is 18.7 Å². The van der Waals surface area contributed by atoms with Crippen LogP contribution in [0.4, 0.5) is 5.82 Å². The highest BCUT2D eigenvalue weighted by atomic mass is 79.9. The molecule has 0 aliphatic carbocycles. The molecule has 1 heterocycles. The Morgan fingerprint density at radius 2 is 2.42 bits per heavy atom. The molecule has 0 aliphatic rings. The van der Waals surface area contributed by atoms with Crippen molar-refractivity contribution in [3.63, 3.8) is 0 Å². The van der Waals surface area contributed by atoms with Gasteiger partial charge in [0.1, 0.15) is 10.3 Å². The molecule has 0 radical (unpaired) electrons. The second-order valence-electron chi connectivity index (χ2n) is 2.00. The van der Waals surface area contributed by atoms with Gasteiger partial charge < -0.3 is 10.7 Å². The molecule has 0 atom stereocenters. The lowest BCUT2D eigenvalue weighted by atomic mass is 10.6. The first kappa shape index (κ1) is 9.60. The molecule has 66 valence electrons. The van der Waals surface area contributed by atoms with Gasteiger partial charge in [0, 0.05) is 0 Å². The first-order valence-electron chi connectivity index (χ1n) is 3.33. The molecular weight excluding hydrogens is 242 g/mol. The predicted molar refractivity (Wildman–Crippen MR) is 53.4 cm³/mol. The van der Waals surface area contributed by atoms with E-state index in [-0.39, 0.29) is 11.4 Å². The number of nitrogens with two attached hydrogens (primary N) is 1. The summed E-state index contributed by atoms with van der Waals surface area (Å²) in [6.45, 7) is 1.98. The molecule has 0 bridgehead atoms. The monoisotopic (exact) mass is 249 g/mol. The number of rotatable bonds is 2. The van der Waals surface area contributed by atoms with Gasteiger partial charge in [0.2, 0.25) is 0 Å². The van der Waals surface area contributed by atoms with Gasteiger partial charge >= 0.3 is 0 Å². The minimum absolute atomic E-state index is 0.231. The Hall–Kier alpha value is -0.490. The van der Waals surface area contributed by atoms with E-state index in [2.05, 4.69) is 25.9 Å². The van der Waals surface area contributed by atoms with Crippen LogP contribution < -0.4 is 11.3 Å². The summed E-state index contributed by atoms with van der Waals surface area (Å²) in [6, 6.07) is 0. The van der Waals surface area contributed by atoms with E-state index in [9.17, 15) is 4.79 Å².